The SMILES string of the molecule is O=C(/C=C/c1ccc(Cl)cc1)NCC1(CCO)CC1. The smallest absolute Gasteiger partial charge is 0.244 e. The third-order valence-electron chi connectivity index (χ3n) is 3.53. The molecule has 4 heteroatoms. The number of hydrogen-bond donors (Lipinski definition) is 2. The highest BCUT2D eigenvalue weighted by Gasteiger charge is 2.41. The van der Waals surface area contributed by atoms with Crippen molar-refractivity contribution in [3.05, 3.63) is 40.9 Å². The van der Waals surface area contributed by atoms with Crippen LogP contribution in [0.25, 0.3) is 6.08 Å². The van der Waals surface area contributed by atoms with Crippen molar-refractivity contribution >= 4 is 23.6 Å². The predicted molar refractivity (Wildman–Crippen MR) is 76.9 cm³/mol. The topological polar surface area (TPSA) is 49.3 Å². The molecule has 1 aromatic rings. The van der Waals surface area contributed by atoms with E-state index >= 15 is 0 Å². The normalized spacial score (nSPS) is 16.5. The maximum absolute atomic E-state index is 11.7. The van der Waals surface area contributed by atoms with E-state index in [1.807, 2.05) is 12.1 Å². The number of carbonyl (C=O) groups is 1. The molecule has 0 unspecified atom stereocenters. The Bertz CT molecular complexity index is 464. The summed E-state index contributed by atoms with van der Waals surface area (Å²) in [5.41, 5.74) is 1.09. The molecular weight excluding hydrogens is 262 g/mol. The van der Waals surface area contributed by atoms with E-state index in [9.17, 15) is 4.79 Å². The summed E-state index contributed by atoms with van der Waals surface area (Å²) in [6.07, 6.45) is 6.24. The molecule has 0 bridgehead atoms. The fraction of sp³-hybridized carbons (Fsp3) is 0.400. The van der Waals surface area contributed by atoms with E-state index in [1.54, 1.807) is 18.2 Å². The first-order valence-electron chi connectivity index (χ1n) is 6.46. The molecule has 0 heterocycles. The zero-order valence-electron chi connectivity index (χ0n) is 10.7. The van der Waals surface area contributed by atoms with Crippen LogP contribution in [0.1, 0.15) is 24.8 Å². The van der Waals surface area contributed by atoms with Crippen LogP contribution >= 0.6 is 11.6 Å². The second kappa shape index (κ2) is 6.22. The molecule has 1 amide bonds. The number of aliphatic hydroxyl groups excluding tert-OH is 1. The van der Waals surface area contributed by atoms with Gasteiger partial charge in [-0.1, -0.05) is 23.7 Å². The Kier molecular flexibility index (Phi) is 4.61. The lowest BCUT2D eigenvalue weighted by atomic mass is 10.0. The van der Waals surface area contributed by atoms with Gasteiger partial charge in [-0.25, -0.2) is 0 Å². The molecule has 3 nitrogen and oxygen atoms in total. The van der Waals surface area contributed by atoms with Crippen molar-refractivity contribution in [1.82, 2.24) is 5.32 Å². The number of benzene rings is 1. The number of amides is 1. The van der Waals surface area contributed by atoms with Crippen LogP contribution < -0.4 is 5.32 Å². The van der Waals surface area contributed by atoms with Gasteiger partial charge in [0.2, 0.25) is 5.91 Å². The third-order valence-corrected chi connectivity index (χ3v) is 3.79. The van der Waals surface area contributed by atoms with Crippen LogP contribution in [-0.2, 0) is 4.79 Å². The largest absolute Gasteiger partial charge is 0.396 e. The van der Waals surface area contributed by atoms with E-state index in [4.69, 9.17) is 16.7 Å². The van der Waals surface area contributed by atoms with Crippen LogP contribution in [0.3, 0.4) is 0 Å². The van der Waals surface area contributed by atoms with Gasteiger partial charge in [0.1, 0.15) is 0 Å². The van der Waals surface area contributed by atoms with Crippen LogP contribution in [0.2, 0.25) is 5.02 Å². The van der Waals surface area contributed by atoms with E-state index in [-0.39, 0.29) is 17.9 Å². The summed E-state index contributed by atoms with van der Waals surface area (Å²) < 4.78 is 0. The maximum Gasteiger partial charge on any atom is 0.244 e. The average Bonchev–Trinajstić information content (AvgIpc) is 3.17. The first-order valence-corrected chi connectivity index (χ1v) is 6.84. The summed E-state index contributed by atoms with van der Waals surface area (Å²) >= 11 is 5.79. The van der Waals surface area contributed by atoms with Gasteiger partial charge in [0.25, 0.3) is 0 Å². The van der Waals surface area contributed by atoms with Gasteiger partial charge in [0, 0.05) is 24.3 Å². The van der Waals surface area contributed by atoms with E-state index in [2.05, 4.69) is 5.32 Å². The Labute approximate surface area is 118 Å². The Balaban J connectivity index is 1.79. The van der Waals surface area contributed by atoms with Crippen LogP contribution in [-0.4, -0.2) is 24.2 Å². The van der Waals surface area contributed by atoms with E-state index in [1.165, 1.54) is 6.08 Å². The number of hydrogen-bond acceptors (Lipinski definition) is 2. The van der Waals surface area contributed by atoms with Gasteiger partial charge in [0.15, 0.2) is 0 Å². The summed E-state index contributed by atoms with van der Waals surface area (Å²) in [6.45, 7) is 0.841. The van der Waals surface area contributed by atoms with Crippen molar-refractivity contribution in [3.8, 4) is 0 Å². The zero-order valence-corrected chi connectivity index (χ0v) is 11.5. The molecule has 1 aliphatic carbocycles. The van der Waals surface area contributed by atoms with Crippen molar-refractivity contribution in [1.29, 1.82) is 0 Å². The molecule has 102 valence electrons. The minimum absolute atomic E-state index is 0.0980. The van der Waals surface area contributed by atoms with Crippen molar-refractivity contribution in [2.45, 2.75) is 19.3 Å². The van der Waals surface area contributed by atoms with Gasteiger partial charge in [-0.2, -0.15) is 0 Å². The van der Waals surface area contributed by atoms with Crippen molar-refractivity contribution < 1.29 is 9.90 Å². The molecule has 1 aromatic carbocycles. The molecule has 2 N–H and O–H groups in total. The number of rotatable bonds is 6. The van der Waals surface area contributed by atoms with Crippen LogP contribution in [0.5, 0.6) is 0 Å². The summed E-state index contributed by atoms with van der Waals surface area (Å²) in [6, 6.07) is 7.31. The molecule has 0 saturated heterocycles. The second-order valence-electron chi connectivity index (χ2n) is 5.08. The molecule has 1 aliphatic rings. The van der Waals surface area contributed by atoms with Crippen molar-refractivity contribution in [2.24, 2.45) is 5.41 Å². The standard InChI is InChI=1S/C15H18ClNO2/c16-13-4-1-12(2-5-13)3-6-14(19)17-11-15(7-8-15)9-10-18/h1-6,18H,7-11H2,(H,17,19)/b6-3+. The monoisotopic (exact) mass is 279 g/mol. The lowest BCUT2D eigenvalue weighted by molar-refractivity contribution is -0.116. The average molecular weight is 280 g/mol. The Morgan fingerprint density at radius 3 is 2.63 bits per heavy atom. The highest BCUT2D eigenvalue weighted by atomic mass is 35.5. The first kappa shape index (κ1) is 14.1. The fourth-order valence-electron chi connectivity index (χ4n) is 2.01. The Morgan fingerprint density at radius 1 is 1.37 bits per heavy atom. The van der Waals surface area contributed by atoms with Crippen LogP contribution in [0.15, 0.2) is 30.3 Å². The summed E-state index contributed by atoms with van der Waals surface area (Å²) in [5.74, 6) is -0.0980. The Morgan fingerprint density at radius 2 is 2.05 bits per heavy atom. The van der Waals surface area contributed by atoms with Gasteiger partial charge in [0.05, 0.1) is 0 Å². The van der Waals surface area contributed by atoms with Gasteiger partial charge in [-0.05, 0) is 48.4 Å². The molecular formula is C15H18ClNO2. The lowest BCUT2D eigenvalue weighted by Gasteiger charge is -2.13. The van der Waals surface area contributed by atoms with Gasteiger partial charge in [-0.3, -0.25) is 4.79 Å². The molecule has 0 spiro atoms. The molecule has 2 rings (SSSR count). The molecule has 19 heavy (non-hydrogen) atoms. The van der Waals surface area contributed by atoms with Gasteiger partial charge in [-0.15, -0.1) is 0 Å². The minimum atomic E-state index is -0.0980. The Hall–Kier alpha value is -1.32. The summed E-state index contributed by atoms with van der Waals surface area (Å²) in [4.78, 5) is 11.7. The van der Waals surface area contributed by atoms with Crippen LogP contribution in [0, 0.1) is 5.41 Å². The quantitative estimate of drug-likeness (QED) is 0.787. The van der Waals surface area contributed by atoms with E-state index in [0.717, 1.165) is 24.8 Å². The lowest BCUT2D eigenvalue weighted by Crippen LogP contribution is -2.29. The molecule has 0 aliphatic heterocycles. The van der Waals surface area contributed by atoms with Gasteiger partial charge >= 0.3 is 0 Å². The van der Waals surface area contributed by atoms with Gasteiger partial charge < -0.3 is 10.4 Å². The highest BCUT2D eigenvalue weighted by molar-refractivity contribution is 6.30. The first-order chi connectivity index (χ1) is 9.13. The molecule has 0 atom stereocenters. The van der Waals surface area contributed by atoms with Crippen molar-refractivity contribution in [3.63, 3.8) is 0 Å². The number of aliphatic hydroxyl groups is 1. The maximum atomic E-state index is 11.7. The third kappa shape index (κ3) is 4.37. The summed E-state index contributed by atoms with van der Waals surface area (Å²) in [5, 5.41) is 12.5. The minimum Gasteiger partial charge on any atom is -0.396 e. The zero-order chi connectivity index (χ0) is 13.7. The van der Waals surface area contributed by atoms with E-state index in [0.29, 0.717) is 11.6 Å². The number of carbonyl (C=O) groups excluding carboxylic acids is 1. The number of nitrogens with one attached hydrogen (secondary N) is 1. The summed E-state index contributed by atoms with van der Waals surface area (Å²) in [7, 11) is 0. The van der Waals surface area contributed by atoms with Crippen LogP contribution in [0.4, 0.5) is 0 Å². The number of halogens is 1. The highest BCUT2D eigenvalue weighted by Crippen LogP contribution is 2.47. The fourth-order valence-corrected chi connectivity index (χ4v) is 2.13. The van der Waals surface area contributed by atoms with Crippen molar-refractivity contribution in [2.75, 3.05) is 13.2 Å². The molecule has 1 saturated carbocycles. The van der Waals surface area contributed by atoms with E-state index < -0.39 is 0 Å². The predicted octanol–water partition coefficient (Wildman–Crippen LogP) is 2.63. The molecule has 0 radical (unpaired) electrons. The molecule has 1 fully saturated rings. The molecule has 0 aromatic heterocycles. The second-order valence-corrected chi connectivity index (χ2v) is 5.51.